The Hall–Kier alpha value is -0.340. The van der Waals surface area contributed by atoms with Crippen molar-refractivity contribution in [2.75, 3.05) is 0 Å². The lowest BCUT2D eigenvalue weighted by molar-refractivity contribution is 0.677. The molecule has 2 N–H and O–H groups in total. The van der Waals surface area contributed by atoms with E-state index in [2.05, 4.69) is 12.3 Å². The molecule has 1 nitrogen and oxygen atoms in total. The predicted octanol–water partition coefficient (Wildman–Crippen LogP) is 2.52. The van der Waals surface area contributed by atoms with Gasteiger partial charge in [-0.2, -0.15) is 0 Å². The summed E-state index contributed by atoms with van der Waals surface area (Å²) >= 11 is 1.94. The monoisotopic (exact) mass is 195 g/mol. The molecule has 0 spiro atoms. The first-order valence-corrected chi connectivity index (χ1v) is 5.99. The molecule has 13 heavy (non-hydrogen) atoms. The molecular formula is C11H17NS. The summed E-state index contributed by atoms with van der Waals surface area (Å²) in [6, 6.07) is 0.306. The Bertz CT molecular complexity index is 288. The molecule has 2 heteroatoms. The van der Waals surface area contributed by atoms with Crippen LogP contribution in [0.4, 0.5) is 0 Å². The van der Waals surface area contributed by atoms with Gasteiger partial charge in [-0.15, -0.1) is 11.3 Å². The van der Waals surface area contributed by atoms with Crippen molar-refractivity contribution in [2.24, 2.45) is 5.73 Å². The fourth-order valence-corrected chi connectivity index (χ4v) is 3.24. The Labute approximate surface area is 84.0 Å². The van der Waals surface area contributed by atoms with Gasteiger partial charge in [0.25, 0.3) is 0 Å². The Morgan fingerprint density at radius 1 is 1.46 bits per heavy atom. The van der Waals surface area contributed by atoms with Crippen LogP contribution < -0.4 is 5.73 Å². The third kappa shape index (κ3) is 1.94. The number of hydrogen-bond donors (Lipinski definition) is 1. The van der Waals surface area contributed by atoms with Gasteiger partial charge in [-0.1, -0.05) is 0 Å². The molecule has 0 aliphatic heterocycles. The standard InChI is InChI=1S/C11H17NS/c1-8(12)6-9-7-13-11-5-3-2-4-10(9)11/h7-8H,2-6,12H2,1H3/t8-/m0/s1. The first kappa shape index (κ1) is 9.22. The fraction of sp³-hybridized carbons (Fsp3) is 0.636. The maximum atomic E-state index is 5.82. The summed E-state index contributed by atoms with van der Waals surface area (Å²) in [5.74, 6) is 0. The van der Waals surface area contributed by atoms with Crippen molar-refractivity contribution >= 4 is 11.3 Å². The minimum absolute atomic E-state index is 0.306. The van der Waals surface area contributed by atoms with Crippen LogP contribution in [0.3, 0.4) is 0 Å². The number of hydrogen-bond acceptors (Lipinski definition) is 2. The molecule has 0 bridgehead atoms. The van der Waals surface area contributed by atoms with E-state index in [1.54, 1.807) is 10.4 Å². The Morgan fingerprint density at radius 2 is 2.23 bits per heavy atom. The van der Waals surface area contributed by atoms with Crippen LogP contribution in [0.5, 0.6) is 0 Å². The topological polar surface area (TPSA) is 26.0 Å². The van der Waals surface area contributed by atoms with Crippen LogP contribution in [-0.4, -0.2) is 6.04 Å². The maximum Gasteiger partial charge on any atom is 0.00800 e. The summed E-state index contributed by atoms with van der Waals surface area (Å²) < 4.78 is 0. The zero-order chi connectivity index (χ0) is 9.26. The summed E-state index contributed by atoms with van der Waals surface area (Å²) in [5, 5.41) is 2.32. The van der Waals surface area contributed by atoms with Gasteiger partial charge in [-0.25, -0.2) is 0 Å². The van der Waals surface area contributed by atoms with E-state index in [4.69, 9.17) is 5.73 Å². The minimum Gasteiger partial charge on any atom is -0.328 e. The molecule has 0 saturated carbocycles. The van der Waals surface area contributed by atoms with E-state index in [-0.39, 0.29) is 0 Å². The molecule has 1 heterocycles. The quantitative estimate of drug-likeness (QED) is 0.771. The molecular weight excluding hydrogens is 178 g/mol. The molecule has 1 aromatic rings. The zero-order valence-corrected chi connectivity index (χ0v) is 8.99. The first-order chi connectivity index (χ1) is 6.27. The molecule has 0 aromatic carbocycles. The van der Waals surface area contributed by atoms with Gasteiger partial charge in [0.2, 0.25) is 0 Å². The molecule has 1 aromatic heterocycles. The number of thiophene rings is 1. The molecule has 0 saturated heterocycles. The van der Waals surface area contributed by atoms with Crippen molar-refractivity contribution in [3.05, 3.63) is 21.4 Å². The lowest BCUT2D eigenvalue weighted by Gasteiger charge is -2.13. The van der Waals surface area contributed by atoms with Gasteiger partial charge in [0.15, 0.2) is 0 Å². The van der Waals surface area contributed by atoms with E-state index >= 15 is 0 Å². The van der Waals surface area contributed by atoms with E-state index in [0.29, 0.717) is 6.04 Å². The van der Waals surface area contributed by atoms with E-state index in [1.165, 1.54) is 31.2 Å². The summed E-state index contributed by atoms with van der Waals surface area (Å²) in [6.45, 7) is 2.09. The molecule has 0 fully saturated rings. The molecule has 72 valence electrons. The van der Waals surface area contributed by atoms with Gasteiger partial charge < -0.3 is 5.73 Å². The molecule has 1 aliphatic carbocycles. The third-order valence-electron chi connectivity index (χ3n) is 2.69. The zero-order valence-electron chi connectivity index (χ0n) is 8.18. The van der Waals surface area contributed by atoms with Crippen LogP contribution in [0, 0.1) is 0 Å². The normalized spacial score (nSPS) is 18.3. The highest BCUT2D eigenvalue weighted by atomic mass is 32.1. The Balaban J connectivity index is 2.21. The van der Waals surface area contributed by atoms with Crippen LogP contribution >= 0.6 is 11.3 Å². The maximum absolute atomic E-state index is 5.82. The molecule has 0 unspecified atom stereocenters. The van der Waals surface area contributed by atoms with Crippen molar-refractivity contribution in [3.8, 4) is 0 Å². The van der Waals surface area contributed by atoms with Crippen LogP contribution in [0.15, 0.2) is 5.38 Å². The third-order valence-corrected chi connectivity index (χ3v) is 3.83. The van der Waals surface area contributed by atoms with Crippen LogP contribution in [0.2, 0.25) is 0 Å². The summed E-state index contributed by atoms with van der Waals surface area (Å²) in [6.07, 6.45) is 6.41. The highest BCUT2D eigenvalue weighted by Gasteiger charge is 2.15. The lowest BCUT2D eigenvalue weighted by atomic mass is 9.94. The van der Waals surface area contributed by atoms with Crippen LogP contribution in [0.25, 0.3) is 0 Å². The number of nitrogens with two attached hydrogens (primary N) is 1. The molecule has 0 amide bonds. The van der Waals surface area contributed by atoms with Crippen LogP contribution in [-0.2, 0) is 19.3 Å². The number of aryl methyl sites for hydroxylation is 1. The lowest BCUT2D eigenvalue weighted by Crippen LogP contribution is -2.18. The smallest absolute Gasteiger partial charge is 0.00800 e. The van der Waals surface area contributed by atoms with Crippen LogP contribution in [0.1, 0.15) is 35.8 Å². The Kier molecular flexibility index (Phi) is 2.70. The second kappa shape index (κ2) is 3.81. The van der Waals surface area contributed by atoms with E-state index in [9.17, 15) is 0 Å². The second-order valence-electron chi connectivity index (χ2n) is 4.05. The average Bonchev–Trinajstić information content (AvgIpc) is 2.48. The molecule has 1 atom stereocenters. The number of fused-ring (bicyclic) bond motifs is 1. The number of rotatable bonds is 2. The van der Waals surface area contributed by atoms with Gasteiger partial charge in [0, 0.05) is 10.9 Å². The van der Waals surface area contributed by atoms with Gasteiger partial charge in [-0.05, 0) is 55.5 Å². The molecule has 2 rings (SSSR count). The summed E-state index contributed by atoms with van der Waals surface area (Å²) in [5.41, 5.74) is 8.98. The van der Waals surface area contributed by atoms with Crippen molar-refractivity contribution in [1.82, 2.24) is 0 Å². The SMILES string of the molecule is C[C@H](N)Cc1csc2c1CCCC2. The summed E-state index contributed by atoms with van der Waals surface area (Å²) in [4.78, 5) is 1.63. The van der Waals surface area contributed by atoms with Crippen molar-refractivity contribution < 1.29 is 0 Å². The fourth-order valence-electron chi connectivity index (χ4n) is 2.08. The van der Waals surface area contributed by atoms with Gasteiger partial charge in [0.05, 0.1) is 0 Å². The van der Waals surface area contributed by atoms with Gasteiger partial charge in [-0.3, -0.25) is 0 Å². The predicted molar refractivity (Wildman–Crippen MR) is 58.3 cm³/mol. The van der Waals surface area contributed by atoms with E-state index in [0.717, 1.165) is 6.42 Å². The van der Waals surface area contributed by atoms with Gasteiger partial charge >= 0.3 is 0 Å². The van der Waals surface area contributed by atoms with Gasteiger partial charge in [0.1, 0.15) is 0 Å². The van der Waals surface area contributed by atoms with Crippen molar-refractivity contribution in [1.29, 1.82) is 0 Å². The van der Waals surface area contributed by atoms with Crippen molar-refractivity contribution in [2.45, 2.75) is 45.1 Å². The molecule has 1 aliphatic rings. The minimum atomic E-state index is 0.306. The Morgan fingerprint density at radius 3 is 3.00 bits per heavy atom. The highest BCUT2D eigenvalue weighted by molar-refractivity contribution is 7.10. The highest BCUT2D eigenvalue weighted by Crippen LogP contribution is 2.30. The van der Waals surface area contributed by atoms with Crippen molar-refractivity contribution in [3.63, 3.8) is 0 Å². The van der Waals surface area contributed by atoms with E-state index in [1.807, 2.05) is 11.3 Å². The van der Waals surface area contributed by atoms with E-state index < -0.39 is 0 Å². The second-order valence-corrected chi connectivity index (χ2v) is 5.02. The largest absolute Gasteiger partial charge is 0.328 e. The molecule has 0 radical (unpaired) electrons. The first-order valence-electron chi connectivity index (χ1n) is 5.11. The average molecular weight is 195 g/mol. The summed E-state index contributed by atoms with van der Waals surface area (Å²) in [7, 11) is 0.